The topological polar surface area (TPSA) is 100 Å². The van der Waals surface area contributed by atoms with Crippen molar-refractivity contribution in [2.24, 2.45) is 5.41 Å². The summed E-state index contributed by atoms with van der Waals surface area (Å²) in [6, 6.07) is -0.300. The lowest BCUT2D eigenvalue weighted by Crippen LogP contribution is -2.60. The van der Waals surface area contributed by atoms with Crippen LogP contribution in [0.4, 0.5) is 0 Å². The molecule has 2 atom stereocenters. The number of aryl methyl sites for hydroxylation is 1. The SMILES string of the molecule is CNC(=O)C1(C(=O)N[C@@H]2CCCC[C@H]2NC(=O)c2sc(Br)nc2C)CCC1. The third-order valence-corrected chi connectivity index (χ3v) is 7.29. The number of rotatable bonds is 5. The van der Waals surface area contributed by atoms with E-state index in [1.54, 1.807) is 14.0 Å². The summed E-state index contributed by atoms with van der Waals surface area (Å²) in [7, 11) is 1.56. The summed E-state index contributed by atoms with van der Waals surface area (Å²) in [6.07, 6.45) is 5.64. The molecule has 2 aliphatic rings. The molecule has 0 unspecified atom stereocenters. The van der Waals surface area contributed by atoms with Gasteiger partial charge in [-0.2, -0.15) is 0 Å². The molecule has 2 fully saturated rings. The van der Waals surface area contributed by atoms with Crippen LogP contribution in [0.5, 0.6) is 0 Å². The molecule has 148 valence electrons. The molecule has 1 aromatic heterocycles. The average molecular weight is 457 g/mol. The third-order valence-electron chi connectivity index (χ3n) is 5.68. The van der Waals surface area contributed by atoms with Crippen molar-refractivity contribution in [1.29, 1.82) is 0 Å². The van der Waals surface area contributed by atoms with Crippen molar-refractivity contribution in [3.05, 3.63) is 14.5 Å². The van der Waals surface area contributed by atoms with Crippen LogP contribution >= 0.6 is 27.3 Å². The van der Waals surface area contributed by atoms with Gasteiger partial charge in [-0.25, -0.2) is 4.98 Å². The van der Waals surface area contributed by atoms with Gasteiger partial charge in [0.15, 0.2) is 3.92 Å². The summed E-state index contributed by atoms with van der Waals surface area (Å²) in [5, 5.41) is 8.76. The number of nitrogens with zero attached hydrogens (tertiary/aromatic N) is 1. The smallest absolute Gasteiger partial charge is 0.263 e. The molecule has 3 rings (SSSR count). The fourth-order valence-electron chi connectivity index (χ4n) is 3.92. The molecule has 3 amide bonds. The van der Waals surface area contributed by atoms with Gasteiger partial charge >= 0.3 is 0 Å². The van der Waals surface area contributed by atoms with E-state index in [0.717, 1.165) is 32.1 Å². The van der Waals surface area contributed by atoms with Gasteiger partial charge in [0.2, 0.25) is 11.8 Å². The number of halogens is 1. The van der Waals surface area contributed by atoms with Gasteiger partial charge in [0, 0.05) is 19.1 Å². The van der Waals surface area contributed by atoms with E-state index in [9.17, 15) is 14.4 Å². The molecule has 9 heteroatoms. The van der Waals surface area contributed by atoms with E-state index < -0.39 is 5.41 Å². The Labute approximate surface area is 171 Å². The molecule has 0 spiro atoms. The number of thiazole rings is 1. The predicted molar refractivity (Wildman–Crippen MR) is 107 cm³/mol. The second-order valence-corrected chi connectivity index (χ2v) is 9.62. The first kappa shape index (κ1) is 20.3. The van der Waals surface area contributed by atoms with Gasteiger partial charge in [0.25, 0.3) is 5.91 Å². The molecule has 0 aliphatic heterocycles. The normalized spacial score (nSPS) is 23.8. The average Bonchev–Trinajstić information content (AvgIpc) is 2.93. The van der Waals surface area contributed by atoms with Crippen LogP contribution in [0.2, 0.25) is 0 Å². The Kier molecular flexibility index (Phi) is 6.20. The summed E-state index contributed by atoms with van der Waals surface area (Å²) < 4.78 is 0.677. The second kappa shape index (κ2) is 8.26. The third kappa shape index (κ3) is 4.03. The van der Waals surface area contributed by atoms with Gasteiger partial charge in [-0.3, -0.25) is 14.4 Å². The zero-order valence-electron chi connectivity index (χ0n) is 15.6. The van der Waals surface area contributed by atoms with Crippen molar-refractivity contribution in [3.63, 3.8) is 0 Å². The van der Waals surface area contributed by atoms with Gasteiger partial charge in [-0.15, -0.1) is 11.3 Å². The fourth-order valence-corrected chi connectivity index (χ4v) is 5.37. The van der Waals surface area contributed by atoms with Crippen molar-refractivity contribution in [2.45, 2.75) is 64.0 Å². The largest absolute Gasteiger partial charge is 0.358 e. The lowest BCUT2D eigenvalue weighted by molar-refractivity contribution is -0.150. The number of hydrogen-bond donors (Lipinski definition) is 3. The Morgan fingerprint density at radius 1 is 1.07 bits per heavy atom. The molecular weight excluding hydrogens is 432 g/mol. The zero-order chi connectivity index (χ0) is 19.6. The van der Waals surface area contributed by atoms with E-state index in [1.165, 1.54) is 11.3 Å². The summed E-state index contributed by atoms with van der Waals surface area (Å²) in [4.78, 5) is 42.6. The molecule has 2 aliphatic carbocycles. The highest BCUT2D eigenvalue weighted by Gasteiger charge is 2.51. The predicted octanol–water partition coefficient (Wildman–Crippen LogP) is 2.29. The number of carbonyl (C=O) groups excluding carboxylic acids is 3. The van der Waals surface area contributed by atoms with Crippen molar-refractivity contribution in [3.8, 4) is 0 Å². The van der Waals surface area contributed by atoms with Gasteiger partial charge in [0.1, 0.15) is 10.3 Å². The fraction of sp³-hybridized carbons (Fsp3) is 0.667. The van der Waals surface area contributed by atoms with Crippen molar-refractivity contribution >= 4 is 45.0 Å². The van der Waals surface area contributed by atoms with Crippen LogP contribution in [-0.4, -0.2) is 41.8 Å². The highest BCUT2D eigenvalue weighted by Crippen LogP contribution is 2.41. The molecule has 7 nitrogen and oxygen atoms in total. The minimum absolute atomic E-state index is 0.141. The molecule has 1 aromatic rings. The highest BCUT2D eigenvalue weighted by atomic mass is 79.9. The van der Waals surface area contributed by atoms with E-state index in [1.807, 2.05) is 0 Å². The lowest BCUT2D eigenvalue weighted by Gasteiger charge is -2.41. The van der Waals surface area contributed by atoms with Crippen LogP contribution in [0.15, 0.2) is 3.92 Å². The van der Waals surface area contributed by atoms with E-state index >= 15 is 0 Å². The minimum Gasteiger partial charge on any atom is -0.358 e. The molecule has 2 saturated carbocycles. The molecule has 27 heavy (non-hydrogen) atoms. The molecule has 0 saturated heterocycles. The van der Waals surface area contributed by atoms with Crippen molar-refractivity contribution in [1.82, 2.24) is 20.9 Å². The summed E-state index contributed by atoms with van der Waals surface area (Å²) >= 11 is 4.61. The van der Waals surface area contributed by atoms with E-state index in [0.29, 0.717) is 27.3 Å². The van der Waals surface area contributed by atoms with Crippen molar-refractivity contribution in [2.75, 3.05) is 7.05 Å². The van der Waals surface area contributed by atoms with Gasteiger partial charge in [-0.05, 0) is 48.5 Å². The first-order chi connectivity index (χ1) is 12.9. The first-order valence-electron chi connectivity index (χ1n) is 9.34. The van der Waals surface area contributed by atoms with E-state index in [-0.39, 0.29) is 29.8 Å². The van der Waals surface area contributed by atoms with Crippen LogP contribution in [0.25, 0.3) is 0 Å². The number of aromatic nitrogens is 1. The minimum atomic E-state index is -0.945. The maximum atomic E-state index is 12.9. The molecule has 0 aromatic carbocycles. The second-order valence-electron chi connectivity index (χ2n) is 7.34. The summed E-state index contributed by atoms with van der Waals surface area (Å²) in [6.45, 7) is 1.81. The van der Waals surface area contributed by atoms with Crippen LogP contribution in [0, 0.1) is 12.3 Å². The number of nitrogens with one attached hydrogen (secondary N) is 3. The van der Waals surface area contributed by atoms with Crippen LogP contribution in [0.3, 0.4) is 0 Å². The quantitative estimate of drug-likeness (QED) is 0.591. The Bertz CT molecular complexity index is 747. The standard InChI is InChI=1S/C18H25BrN4O3S/c1-10-13(27-17(19)21-10)14(24)22-11-6-3-4-7-12(11)23-16(26)18(8-5-9-18)15(25)20-2/h11-12H,3-9H2,1-2H3,(H,20,25)(H,22,24)(H,23,26)/t11-,12-/m1/s1. The van der Waals surface area contributed by atoms with E-state index in [2.05, 4.69) is 36.9 Å². The molecule has 1 heterocycles. The lowest BCUT2D eigenvalue weighted by atomic mass is 9.67. The number of hydrogen-bond acceptors (Lipinski definition) is 5. The van der Waals surface area contributed by atoms with Crippen molar-refractivity contribution < 1.29 is 14.4 Å². The van der Waals surface area contributed by atoms with Crippen LogP contribution in [-0.2, 0) is 9.59 Å². The summed E-state index contributed by atoms with van der Waals surface area (Å²) in [5.41, 5.74) is -0.256. The molecular formula is C18H25BrN4O3S. The number of amides is 3. The Hall–Kier alpha value is -1.48. The molecule has 3 N–H and O–H groups in total. The molecule has 0 bridgehead atoms. The summed E-state index contributed by atoms with van der Waals surface area (Å²) in [5.74, 6) is -0.588. The Morgan fingerprint density at radius 3 is 2.19 bits per heavy atom. The monoisotopic (exact) mass is 456 g/mol. The maximum absolute atomic E-state index is 12.9. The van der Waals surface area contributed by atoms with Gasteiger partial charge in [0.05, 0.1) is 5.69 Å². The first-order valence-corrected chi connectivity index (χ1v) is 11.0. The maximum Gasteiger partial charge on any atom is 0.263 e. The van der Waals surface area contributed by atoms with E-state index in [4.69, 9.17) is 0 Å². The van der Waals surface area contributed by atoms with Gasteiger partial charge < -0.3 is 16.0 Å². The Morgan fingerprint density at radius 2 is 1.70 bits per heavy atom. The number of carbonyl (C=O) groups is 3. The zero-order valence-corrected chi connectivity index (χ0v) is 18.0. The van der Waals surface area contributed by atoms with Gasteiger partial charge in [-0.1, -0.05) is 19.3 Å². The van der Waals surface area contributed by atoms with Crippen LogP contribution in [0.1, 0.15) is 60.3 Å². The van der Waals surface area contributed by atoms with Crippen LogP contribution < -0.4 is 16.0 Å². The Balaban J connectivity index is 1.68. The highest BCUT2D eigenvalue weighted by molar-refractivity contribution is 9.11. The molecule has 0 radical (unpaired) electrons.